The van der Waals surface area contributed by atoms with E-state index in [0.29, 0.717) is 16.9 Å². The molecular formula is C22H19FN4O. The summed E-state index contributed by atoms with van der Waals surface area (Å²) < 4.78 is 16.3. The fourth-order valence-electron chi connectivity index (χ4n) is 3.31. The van der Waals surface area contributed by atoms with Crippen LogP contribution in [0, 0.1) is 12.7 Å². The van der Waals surface area contributed by atoms with Gasteiger partial charge in [0.05, 0.1) is 17.9 Å². The maximum atomic E-state index is 14.6. The van der Waals surface area contributed by atoms with Crippen LogP contribution in [0.2, 0.25) is 0 Å². The summed E-state index contributed by atoms with van der Waals surface area (Å²) in [5, 5.41) is 1.78. The lowest BCUT2D eigenvalue weighted by molar-refractivity contribution is 0.253. The number of carbonyl (C=O) groups excluding carboxylic acids is 1. The summed E-state index contributed by atoms with van der Waals surface area (Å²) in [7, 11) is 0. The summed E-state index contributed by atoms with van der Waals surface area (Å²) in [6.07, 6.45) is 5.32. The molecular weight excluding hydrogens is 355 g/mol. The summed E-state index contributed by atoms with van der Waals surface area (Å²) in [4.78, 5) is 18.0. The Labute approximate surface area is 161 Å². The van der Waals surface area contributed by atoms with Gasteiger partial charge in [-0.05, 0) is 48.9 Å². The highest BCUT2D eigenvalue weighted by atomic mass is 19.1. The van der Waals surface area contributed by atoms with E-state index in [1.165, 1.54) is 11.0 Å². The van der Waals surface area contributed by atoms with Crippen molar-refractivity contribution in [2.24, 2.45) is 5.73 Å². The number of aromatic nitrogens is 2. The molecule has 0 spiro atoms. The van der Waals surface area contributed by atoms with Gasteiger partial charge in [-0.3, -0.25) is 9.88 Å². The van der Waals surface area contributed by atoms with Crippen molar-refractivity contribution >= 4 is 22.5 Å². The van der Waals surface area contributed by atoms with Gasteiger partial charge < -0.3 is 10.3 Å². The molecule has 0 saturated carbocycles. The van der Waals surface area contributed by atoms with Crippen LogP contribution in [0.4, 0.5) is 14.9 Å². The molecule has 2 aromatic heterocycles. The Balaban J connectivity index is 1.72. The zero-order valence-electron chi connectivity index (χ0n) is 15.3. The predicted molar refractivity (Wildman–Crippen MR) is 108 cm³/mol. The quantitative estimate of drug-likeness (QED) is 0.569. The number of fused-ring (bicyclic) bond motifs is 1. The Morgan fingerprint density at radius 2 is 1.93 bits per heavy atom. The first-order valence-electron chi connectivity index (χ1n) is 8.87. The molecule has 4 rings (SSSR count). The summed E-state index contributed by atoms with van der Waals surface area (Å²) in [5.41, 5.74) is 8.27. The van der Waals surface area contributed by atoms with Gasteiger partial charge in [0.25, 0.3) is 0 Å². The van der Waals surface area contributed by atoms with Crippen LogP contribution in [0.25, 0.3) is 16.5 Å². The molecule has 140 valence electrons. The highest BCUT2D eigenvalue weighted by Crippen LogP contribution is 2.28. The third-order valence-corrected chi connectivity index (χ3v) is 4.67. The van der Waals surface area contributed by atoms with E-state index >= 15 is 0 Å². The normalized spacial score (nSPS) is 10.9. The minimum absolute atomic E-state index is 0.165. The van der Waals surface area contributed by atoms with Crippen LogP contribution in [0.5, 0.6) is 0 Å². The topological polar surface area (TPSA) is 64.2 Å². The van der Waals surface area contributed by atoms with E-state index in [-0.39, 0.29) is 12.4 Å². The SMILES string of the molecule is Cc1cc2c(N(Cc3ccc(-n4cccc4)c(F)c3)C(N)=O)cccc2cn1. The number of nitrogens with zero attached hydrogens (tertiary/aromatic N) is 3. The fraction of sp³-hybridized carbons (Fsp3) is 0.0909. The monoisotopic (exact) mass is 374 g/mol. The molecule has 28 heavy (non-hydrogen) atoms. The van der Waals surface area contributed by atoms with E-state index < -0.39 is 6.03 Å². The third-order valence-electron chi connectivity index (χ3n) is 4.67. The number of hydrogen-bond acceptors (Lipinski definition) is 2. The van der Waals surface area contributed by atoms with Crippen molar-refractivity contribution in [2.45, 2.75) is 13.5 Å². The van der Waals surface area contributed by atoms with Crippen molar-refractivity contribution in [3.05, 3.63) is 90.3 Å². The number of hydrogen-bond donors (Lipinski definition) is 1. The van der Waals surface area contributed by atoms with Crippen molar-refractivity contribution in [2.75, 3.05) is 4.90 Å². The van der Waals surface area contributed by atoms with Crippen molar-refractivity contribution in [3.63, 3.8) is 0 Å². The largest absolute Gasteiger partial charge is 0.351 e. The number of halogens is 1. The summed E-state index contributed by atoms with van der Waals surface area (Å²) >= 11 is 0. The molecule has 0 atom stereocenters. The molecule has 2 heterocycles. The first kappa shape index (κ1) is 17.7. The number of primary amides is 1. The van der Waals surface area contributed by atoms with Gasteiger partial charge in [0.15, 0.2) is 0 Å². The summed E-state index contributed by atoms with van der Waals surface area (Å²) in [6, 6.07) is 15.5. The van der Waals surface area contributed by atoms with E-state index in [1.54, 1.807) is 35.3 Å². The van der Waals surface area contributed by atoms with Gasteiger partial charge in [-0.15, -0.1) is 0 Å². The molecule has 0 saturated heterocycles. The number of pyridine rings is 1. The summed E-state index contributed by atoms with van der Waals surface area (Å²) in [6.45, 7) is 2.05. The minimum atomic E-state index is -0.600. The van der Waals surface area contributed by atoms with Crippen LogP contribution >= 0.6 is 0 Å². The second-order valence-electron chi connectivity index (χ2n) is 6.62. The molecule has 2 amide bonds. The van der Waals surface area contributed by atoms with Crippen LogP contribution in [0.3, 0.4) is 0 Å². The maximum absolute atomic E-state index is 14.6. The number of benzene rings is 2. The molecule has 2 aromatic carbocycles. The lowest BCUT2D eigenvalue weighted by Crippen LogP contribution is -2.35. The summed E-state index contributed by atoms with van der Waals surface area (Å²) in [5.74, 6) is -0.365. The molecule has 0 bridgehead atoms. The van der Waals surface area contributed by atoms with Crippen LogP contribution in [-0.4, -0.2) is 15.6 Å². The fourth-order valence-corrected chi connectivity index (χ4v) is 3.31. The average molecular weight is 374 g/mol. The number of rotatable bonds is 4. The van der Waals surface area contributed by atoms with Crippen LogP contribution in [-0.2, 0) is 6.54 Å². The minimum Gasteiger partial charge on any atom is -0.351 e. The van der Waals surface area contributed by atoms with Crippen LogP contribution < -0.4 is 10.6 Å². The standard InChI is InChI=1S/C22H19FN4O/c1-15-11-18-17(13-25-15)5-4-6-20(18)27(22(24)28)14-16-7-8-21(19(23)12-16)26-9-2-3-10-26/h2-13H,14H2,1H3,(H2,24,28). The zero-order valence-corrected chi connectivity index (χ0v) is 15.3. The molecule has 0 radical (unpaired) electrons. The van der Waals surface area contributed by atoms with Crippen molar-refractivity contribution < 1.29 is 9.18 Å². The number of anilines is 1. The van der Waals surface area contributed by atoms with Crippen molar-refractivity contribution in [1.29, 1.82) is 0 Å². The third kappa shape index (κ3) is 3.32. The van der Waals surface area contributed by atoms with Gasteiger partial charge in [0.1, 0.15) is 5.82 Å². The van der Waals surface area contributed by atoms with Gasteiger partial charge in [-0.25, -0.2) is 9.18 Å². The van der Waals surface area contributed by atoms with Gasteiger partial charge in [-0.2, -0.15) is 0 Å². The van der Waals surface area contributed by atoms with Crippen molar-refractivity contribution in [3.8, 4) is 5.69 Å². The van der Waals surface area contributed by atoms with Crippen molar-refractivity contribution in [1.82, 2.24) is 9.55 Å². The van der Waals surface area contributed by atoms with Gasteiger partial charge in [0, 0.05) is 35.1 Å². The number of carbonyl (C=O) groups is 1. The molecule has 0 unspecified atom stereocenters. The zero-order chi connectivity index (χ0) is 19.7. The highest BCUT2D eigenvalue weighted by molar-refractivity contribution is 6.02. The molecule has 0 aliphatic carbocycles. The molecule has 4 aromatic rings. The van der Waals surface area contributed by atoms with E-state index in [2.05, 4.69) is 4.98 Å². The molecule has 5 nitrogen and oxygen atoms in total. The molecule has 6 heteroatoms. The van der Waals surface area contributed by atoms with Gasteiger partial charge >= 0.3 is 6.03 Å². The smallest absolute Gasteiger partial charge is 0.319 e. The lowest BCUT2D eigenvalue weighted by Gasteiger charge is -2.23. The van der Waals surface area contributed by atoms with E-state index in [4.69, 9.17) is 5.73 Å². The molecule has 2 N–H and O–H groups in total. The number of nitrogens with two attached hydrogens (primary N) is 1. The van der Waals surface area contributed by atoms with E-state index in [9.17, 15) is 9.18 Å². The average Bonchev–Trinajstić information content (AvgIpc) is 3.20. The Morgan fingerprint density at radius 1 is 1.14 bits per heavy atom. The number of amides is 2. The Hall–Kier alpha value is -3.67. The second kappa shape index (κ2) is 7.15. The molecule has 0 aliphatic rings. The van der Waals surface area contributed by atoms with Gasteiger partial charge in [-0.1, -0.05) is 18.2 Å². The van der Waals surface area contributed by atoms with Crippen LogP contribution in [0.1, 0.15) is 11.3 Å². The second-order valence-corrected chi connectivity index (χ2v) is 6.62. The first-order chi connectivity index (χ1) is 13.5. The van der Waals surface area contributed by atoms with Gasteiger partial charge in [0.2, 0.25) is 0 Å². The number of aryl methyl sites for hydroxylation is 1. The first-order valence-corrected chi connectivity index (χ1v) is 8.87. The van der Waals surface area contributed by atoms with E-state index in [0.717, 1.165) is 16.5 Å². The Morgan fingerprint density at radius 3 is 2.64 bits per heavy atom. The Bertz CT molecular complexity index is 1150. The molecule has 0 fully saturated rings. The predicted octanol–water partition coefficient (Wildman–Crippen LogP) is 4.56. The molecule has 0 aliphatic heterocycles. The van der Waals surface area contributed by atoms with E-state index in [1.807, 2.05) is 43.3 Å². The Kier molecular flexibility index (Phi) is 4.53. The van der Waals surface area contributed by atoms with Crippen LogP contribution in [0.15, 0.2) is 73.2 Å². The maximum Gasteiger partial charge on any atom is 0.319 e. The highest BCUT2D eigenvalue weighted by Gasteiger charge is 2.17. The lowest BCUT2D eigenvalue weighted by atomic mass is 10.1. The number of urea groups is 1.